The number of fused-ring (bicyclic) bond motifs is 3. The van der Waals surface area contributed by atoms with Gasteiger partial charge >= 0.3 is 0 Å². The van der Waals surface area contributed by atoms with E-state index < -0.39 is 0 Å². The maximum Gasteiger partial charge on any atom is 0.268 e. The molecule has 5 unspecified atom stereocenters. The summed E-state index contributed by atoms with van der Waals surface area (Å²) in [5.74, 6) is 2.91. The number of aromatic nitrogens is 2. The van der Waals surface area contributed by atoms with E-state index in [4.69, 9.17) is 4.98 Å². The van der Waals surface area contributed by atoms with Crippen LogP contribution in [0.2, 0.25) is 0 Å². The summed E-state index contributed by atoms with van der Waals surface area (Å²) in [4.78, 5) is 20.2. The topological polar surface area (TPSA) is 61.7 Å². The summed E-state index contributed by atoms with van der Waals surface area (Å²) >= 11 is 0. The van der Waals surface area contributed by atoms with Crippen LogP contribution in [0.5, 0.6) is 0 Å². The number of hydrogen-bond donors (Lipinski definition) is 2. The van der Waals surface area contributed by atoms with Crippen LogP contribution in [0.15, 0.2) is 24.4 Å². The molecule has 6 heteroatoms. The van der Waals surface area contributed by atoms with Crippen molar-refractivity contribution >= 4 is 11.6 Å². The predicted molar refractivity (Wildman–Crippen MR) is 121 cm³/mol. The average molecular weight is 422 g/mol. The van der Waals surface area contributed by atoms with Gasteiger partial charge in [0.05, 0.1) is 5.69 Å². The number of amides is 1. The van der Waals surface area contributed by atoms with Gasteiger partial charge in [-0.1, -0.05) is 6.07 Å². The molecule has 4 aliphatic rings. The molecule has 2 N–H and O–H groups in total. The second-order valence-electron chi connectivity index (χ2n) is 11.1. The third-order valence-corrected chi connectivity index (χ3v) is 9.16. The minimum atomic E-state index is 0.0404. The predicted octanol–water partition coefficient (Wildman–Crippen LogP) is 2.93. The van der Waals surface area contributed by atoms with E-state index in [0.29, 0.717) is 16.5 Å². The highest BCUT2D eigenvalue weighted by atomic mass is 16.1. The molecular weight excluding hydrogens is 386 g/mol. The lowest BCUT2D eigenvalue weighted by atomic mass is 9.55. The van der Waals surface area contributed by atoms with Crippen molar-refractivity contribution in [2.45, 2.75) is 45.1 Å². The highest BCUT2D eigenvalue weighted by molar-refractivity contribution is 5.93. The average Bonchev–Trinajstić information content (AvgIpc) is 3.30. The van der Waals surface area contributed by atoms with Crippen molar-refractivity contribution in [2.75, 3.05) is 33.7 Å². The van der Waals surface area contributed by atoms with E-state index in [-0.39, 0.29) is 5.91 Å². The fourth-order valence-electron chi connectivity index (χ4n) is 8.08. The van der Waals surface area contributed by atoms with E-state index in [0.717, 1.165) is 55.3 Å². The number of likely N-dealkylation sites (N-methyl/N-ethyl adjacent to an activating group) is 2. The van der Waals surface area contributed by atoms with Crippen molar-refractivity contribution < 1.29 is 4.79 Å². The van der Waals surface area contributed by atoms with Crippen molar-refractivity contribution in [3.05, 3.63) is 35.8 Å². The third kappa shape index (κ3) is 3.05. The summed E-state index contributed by atoms with van der Waals surface area (Å²) in [6.07, 6.45) is 10.5. The molecule has 0 aliphatic heterocycles. The molecule has 0 saturated heterocycles. The summed E-state index contributed by atoms with van der Waals surface area (Å²) < 4.78 is 1.96. The molecule has 0 radical (unpaired) electrons. The van der Waals surface area contributed by atoms with Crippen LogP contribution in [-0.4, -0.2) is 53.9 Å². The molecule has 166 valence electrons. The monoisotopic (exact) mass is 421 g/mol. The van der Waals surface area contributed by atoms with Gasteiger partial charge in [0.1, 0.15) is 11.3 Å². The molecule has 2 aromatic heterocycles. The van der Waals surface area contributed by atoms with Crippen LogP contribution in [0.4, 0.5) is 0 Å². The Morgan fingerprint density at radius 2 is 2.16 bits per heavy atom. The summed E-state index contributed by atoms with van der Waals surface area (Å²) in [5, 5.41) is 6.54. The van der Waals surface area contributed by atoms with Gasteiger partial charge in [-0.2, -0.15) is 0 Å². The number of rotatable bonds is 8. The number of carbonyl (C=O) groups is 1. The maximum absolute atomic E-state index is 13.2. The fourth-order valence-corrected chi connectivity index (χ4v) is 8.08. The summed E-state index contributed by atoms with van der Waals surface area (Å²) in [7, 11) is 4.07. The summed E-state index contributed by atoms with van der Waals surface area (Å²) in [6.45, 7) is 3.53. The molecule has 6 nitrogen and oxygen atoms in total. The van der Waals surface area contributed by atoms with Gasteiger partial charge in [0, 0.05) is 32.4 Å². The van der Waals surface area contributed by atoms with E-state index in [1.165, 1.54) is 38.5 Å². The highest BCUT2D eigenvalue weighted by Crippen LogP contribution is 2.78. The quantitative estimate of drug-likeness (QED) is 0.688. The minimum Gasteiger partial charge on any atom is -0.350 e. The van der Waals surface area contributed by atoms with Crippen LogP contribution in [-0.2, 0) is 6.54 Å². The molecule has 3 bridgehead atoms. The van der Waals surface area contributed by atoms with Gasteiger partial charge in [-0.05, 0) is 93.3 Å². The van der Waals surface area contributed by atoms with Gasteiger partial charge in [-0.3, -0.25) is 14.1 Å². The molecule has 4 fully saturated rings. The van der Waals surface area contributed by atoms with E-state index >= 15 is 0 Å². The van der Waals surface area contributed by atoms with Gasteiger partial charge in [0.2, 0.25) is 0 Å². The molecule has 6 rings (SSSR count). The SMILES string of the molecule is CNCCN(C)Cc1cn2c(C(=O)NCC34CC5CC6CC(C3)C6(C5)C4)cccc2n1. The number of hydrogen-bond acceptors (Lipinski definition) is 4. The molecule has 1 spiro atoms. The lowest BCUT2D eigenvalue weighted by molar-refractivity contribution is -0.00254. The highest BCUT2D eigenvalue weighted by Gasteiger charge is 2.70. The Hall–Kier alpha value is -1.92. The molecule has 1 amide bonds. The lowest BCUT2D eigenvalue weighted by Crippen LogP contribution is -2.43. The van der Waals surface area contributed by atoms with Crippen molar-refractivity contribution in [1.82, 2.24) is 24.9 Å². The van der Waals surface area contributed by atoms with Crippen LogP contribution >= 0.6 is 0 Å². The Kier molecular flexibility index (Phi) is 4.48. The first-order chi connectivity index (χ1) is 15.0. The Balaban J connectivity index is 1.16. The van der Waals surface area contributed by atoms with Crippen molar-refractivity contribution in [1.29, 1.82) is 0 Å². The molecule has 31 heavy (non-hydrogen) atoms. The zero-order valence-corrected chi connectivity index (χ0v) is 18.9. The molecule has 4 saturated carbocycles. The zero-order chi connectivity index (χ0) is 21.2. The maximum atomic E-state index is 13.2. The molecule has 2 aromatic rings. The Labute approximate surface area is 184 Å². The van der Waals surface area contributed by atoms with Gasteiger partial charge in [0.15, 0.2) is 0 Å². The van der Waals surface area contributed by atoms with Gasteiger partial charge in [-0.15, -0.1) is 0 Å². The van der Waals surface area contributed by atoms with Crippen molar-refractivity contribution in [3.63, 3.8) is 0 Å². The number of carbonyl (C=O) groups excluding carboxylic acids is 1. The Bertz CT molecular complexity index is 1010. The molecular formula is C25H35N5O. The molecule has 4 aliphatic carbocycles. The van der Waals surface area contributed by atoms with Crippen molar-refractivity contribution in [2.24, 2.45) is 28.6 Å². The second kappa shape index (κ2) is 7.04. The number of nitrogens with one attached hydrogen (secondary N) is 2. The van der Waals surface area contributed by atoms with Crippen molar-refractivity contribution in [3.8, 4) is 0 Å². The van der Waals surface area contributed by atoms with Crippen LogP contribution < -0.4 is 10.6 Å². The van der Waals surface area contributed by atoms with Crippen LogP contribution in [0.3, 0.4) is 0 Å². The number of nitrogens with zero attached hydrogens (tertiary/aromatic N) is 3. The normalized spacial score (nSPS) is 35.0. The van der Waals surface area contributed by atoms with Crippen LogP contribution in [0.25, 0.3) is 5.65 Å². The first-order valence-electron chi connectivity index (χ1n) is 12.1. The lowest BCUT2D eigenvalue weighted by Gasteiger charge is -2.49. The second-order valence-corrected chi connectivity index (χ2v) is 11.1. The fraction of sp³-hybridized carbons (Fsp3) is 0.680. The largest absolute Gasteiger partial charge is 0.350 e. The molecule has 2 heterocycles. The van der Waals surface area contributed by atoms with E-state index in [9.17, 15) is 4.79 Å². The summed E-state index contributed by atoms with van der Waals surface area (Å²) in [5.41, 5.74) is 3.57. The van der Waals surface area contributed by atoms with E-state index in [1.54, 1.807) is 0 Å². The van der Waals surface area contributed by atoms with E-state index in [2.05, 4.69) is 22.6 Å². The van der Waals surface area contributed by atoms with E-state index in [1.807, 2.05) is 35.8 Å². The smallest absolute Gasteiger partial charge is 0.268 e. The Morgan fingerprint density at radius 3 is 3.03 bits per heavy atom. The van der Waals surface area contributed by atoms with Crippen LogP contribution in [0, 0.1) is 28.6 Å². The van der Waals surface area contributed by atoms with Gasteiger partial charge in [-0.25, -0.2) is 4.98 Å². The summed E-state index contributed by atoms with van der Waals surface area (Å²) in [6, 6.07) is 5.86. The third-order valence-electron chi connectivity index (χ3n) is 9.16. The standard InChI is InChI=1S/C25H35N5O/c1-26-6-7-29(2)13-20-14-30-21(4-3-5-22(30)28-20)23(31)27-16-24-10-17-8-18-9-19(12-24)25(18,11-17)15-24/h3-5,14,17-19,26H,6-13,15-16H2,1-2H3,(H,27,31). The number of imidazole rings is 1. The first-order valence-corrected chi connectivity index (χ1v) is 12.1. The molecule has 0 aromatic carbocycles. The van der Waals surface area contributed by atoms with Gasteiger partial charge < -0.3 is 10.6 Å². The number of pyridine rings is 1. The Morgan fingerprint density at radius 1 is 1.26 bits per heavy atom. The van der Waals surface area contributed by atoms with Crippen LogP contribution in [0.1, 0.15) is 54.7 Å². The van der Waals surface area contributed by atoms with Gasteiger partial charge in [0.25, 0.3) is 5.91 Å². The zero-order valence-electron chi connectivity index (χ0n) is 18.9. The minimum absolute atomic E-state index is 0.0404. The first kappa shape index (κ1) is 19.7. The molecule has 5 atom stereocenters.